The van der Waals surface area contributed by atoms with Crippen molar-refractivity contribution in [2.75, 3.05) is 19.6 Å². The van der Waals surface area contributed by atoms with Crippen LogP contribution in [-0.4, -0.2) is 43.3 Å². The van der Waals surface area contributed by atoms with Crippen molar-refractivity contribution in [3.63, 3.8) is 0 Å². The summed E-state index contributed by atoms with van der Waals surface area (Å²) >= 11 is 1.86. The highest BCUT2D eigenvalue weighted by Gasteiger charge is 2.31. The molecule has 2 aliphatic rings. The Bertz CT molecular complexity index is 866. The summed E-state index contributed by atoms with van der Waals surface area (Å²) in [6.45, 7) is 3.33. The molecule has 0 radical (unpaired) electrons. The number of benzene rings is 1. The van der Waals surface area contributed by atoms with Gasteiger partial charge in [0, 0.05) is 42.5 Å². The van der Waals surface area contributed by atoms with Crippen LogP contribution in [0.25, 0.3) is 6.08 Å². The van der Waals surface area contributed by atoms with Gasteiger partial charge in [0.05, 0.1) is 0 Å². The van der Waals surface area contributed by atoms with Crippen molar-refractivity contribution in [2.24, 2.45) is 0 Å². The second-order valence-corrected chi connectivity index (χ2v) is 9.80. The van der Waals surface area contributed by atoms with Gasteiger partial charge in [-0.2, -0.15) is 4.31 Å². The van der Waals surface area contributed by atoms with Crippen molar-refractivity contribution < 1.29 is 8.42 Å². The fourth-order valence-corrected chi connectivity index (χ4v) is 5.97. The van der Waals surface area contributed by atoms with Gasteiger partial charge >= 0.3 is 0 Å². The molecule has 3 heterocycles. The van der Waals surface area contributed by atoms with E-state index in [-0.39, 0.29) is 0 Å². The first-order valence-electron chi connectivity index (χ1n) is 9.14. The molecular weight excluding hydrogens is 364 g/mol. The van der Waals surface area contributed by atoms with Crippen molar-refractivity contribution in [1.29, 1.82) is 0 Å². The van der Waals surface area contributed by atoms with Gasteiger partial charge in [0.15, 0.2) is 0 Å². The smallest absolute Gasteiger partial charge is 0.236 e. The lowest BCUT2D eigenvalue weighted by atomic mass is 10.0. The van der Waals surface area contributed by atoms with Gasteiger partial charge in [-0.05, 0) is 47.9 Å². The average molecular weight is 389 g/mol. The van der Waals surface area contributed by atoms with Gasteiger partial charge in [-0.25, -0.2) is 8.42 Å². The molecule has 0 atom stereocenters. The highest BCUT2D eigenvalue weighted by Crippen LogP contribution is 2.28. The number of hydrogen-bond acceptors (Lipinski definition) is 4. The minimum Gasteiger partial charge on any atom is -0.296 e. The molecule has 2 aliphatic heterocycles. The van der Waals surface area contributed by atoms with Crippen LogP contribution in [0.1, 0.15) is 28.8 Å². The molecule has 1 aromatic heterocycles. The third-order valence-corrected chi connectivity index (χ3v) is 7.96. The maximum Gasteiger partial charge on any atom is 0.236 e. The second-order valence-electron chi connectivity index (χ2n) is 6.98. The van der Waals surface area contributed by atoms with Crippen molar-refractivity contribution in [3.8, 4) is 0 Å². The van der Waals surface area contributed by atoms with Crippen LogP contribution in [0.5, 0.6) is 0 Å². The summed E-state index contributed by atoms with van der Waals surface area (Å²) in [4.78, 5) is 4.06. The molecular formula is C20H24N2O2S2. The van der Waals surface area contributed by atoms with Crippen LogP contribution in [0.15, 0.2) is 47.2 Å². The topological polar surface area (TPSA) is 40.6 Å². The molecule has 1 fully saturated rings. The van der Waals surface area contributed by atoms with Gasteiger partial charge in [-0.1, -0.05) is 30.3 Å². The second kappa shape index (κ2) is 7.64. The van der Waals surface area contributed by atoms with Gasteiger partial charge in [0.1, 0.15) is 0 Å². The Morgan fingerprint density at radius 1 is 1.04 bits per heavy atom. The molecule has 0 spiro atoms. The van der Waals surface area contributed by atoms with Crippen molar-refractivity contribution >= 4 is 27.4 Å². The molecule has 0 unspecified atom stereocenters. The van der Waals surface area contributed by atoms with E-state index in [1.165, 1.54) is 15.8 Å². The van der Waals surface area contributed by atoms with Crippen LogP contribution in [0, 0.1) is 0 Å². The molecule has 138 valence electrons. The normalized spacial score (nSPS) is 20.5. The Morgan fingerprint density at radius 3 is 2.58 bits per heavy atom. The lowest BCUT2D eigenvalue weighted by Gasteiger charge is -2.39. The molecule has 26 heavy (non-hydrogen) atoms. The van der Waals surface area contributed by atoms with Gasteiger partial charge < -0.3 is 0 Å². The molecule has 0 N–H and O–H groups in total. The Labute approximate surface area is 159 Å². The first-order valence-corrected chi connectivity index (χ1v) is 11.5. The molecule has 0 amide bonds. The van der Waals surface area contributed by atoms with E-state index in [1.807, 2.05) is 41.7 Å². The zero-order valence-electron chi connectivity index (χ0n) is 14.8. The van der Waals surface area contributed by atoms with Gasteiger partial charge in [0.25, 0.3) is 0 Å². The number of thiophene rings is 1. The van der Waals surface area contributed by atoms with Crippen LogP contribution in [-0.2, 0) is 23.0 Å². The average Bonchev–Trinajstić information content (AvgIpc) is 3.15. The fraction of sp³-hybridized carbons (Fsp3) is 0.400. The van der Waals surface area contributed by atoms with Gasteiger partial charge in [-0.3, -0.25) is 4.90 Å². The third-order valence-electron chi connectivity index (χ3n) is 5.37. The maximum atomic E-state index is 12.6. The largest absolute Gasteiger partial charge is 0.296 e. The first-order chi connectivity index (χ1) is 12.6. The first kappa shape index (κ1) is 17.9. The van der Waals surface area contributed by atoms with Crippen LogP contribution in [0.2, 0.25) is 0 Å². The van der Waals surface area contributed by atoms with Gasteiger partial charge in [-0.15, -0.1) is 11.3 Å². The SMILES string of the molecule is O=S(=O)(/C=C/c1ccccc1)N1CCC(N2CCc3sccc3C2)CC1. The molecule has 6 heteroatoms. The zero-order chi connectivity index (χ0) is 18.0. The quantitative estimate of drug-likeness (QED) is 0.804. The molecule has 1 aromatic carbocycles. The number of rotatable bonds is 4. The molecule has 4 rings (SSSR count). The predicted molar refractivity (Wildman–Crippen MR) is 107 cm³/mol. The summed E-state index contributed by atoms with van der Waals surface area (Å²) < 4.78 is 26.8. The summed E-state index contributed by atoms with van der Waals surface area (Å²) in [5.74, 6) is 0. The summed E-state index contributed by atoms with van der Waals surface area (Å²) in [7, 11) is -3.34. The highest BCUT2D eigenvalue weighted by atomic mass is 32.2. The van der Waals surface area contributed by atoms with E-state index in [2.05, 4.69) is 16.3 Å². The van der Waals surface area contributed by atoms with Crippen molar-refractivity contribution in [1.82, 2.24) is 9.21 Å². The Morgan fingerprint density at radius 2 is 1.81 bits per heavy atom. The lowest BCUT2D eigenvalue weighted by Crippen LogP contribution is -2.47. The Balaban J connectivity index is 1.35. The summed E-state index contributed by atoms with van der Waals surface area (Å²) in [6.07, 6.45) is 4.64. The third kappa shape index (κ3) is 3.93. The monoisotopic (exact) mass is 388 g/mol. The maximum absolute atomic E-state index is 12.6. The number of piperidine rings is 1. The van der Waals surface area contributed by atoms with Crippen LogP contribution < -0.4 is 0 Å². The molecule has 4 nitrogen and oxygen atoms in total. The van der Waals surface area contributed by atoms with Crippen LogP contribution in [0.3, 0.4) is 0 Å². The number of sulfonamides is 1. The number of fused-ring (bicyclic) bond motifs is 1. The number of nitrogens with zero attached hydrogens (tertiary/aromatic N) is 2. The molecule has 0 bridgehead atoms. The predicted octanol–water partition coefficient (Wildman–Crippen LogP) is 3.57. The van der Waals surface area contributed by atoms with Crippen molar-refractivity contribution in [2.45, 2.75) is 31.8 Å². The molecule has 0 saturated carbocycles. The highest BCUT2D eigenvalue weighted by molar-refractivity contribution is 7.92. The number of hydrogen-bond donors (Lipinski definition) is 0. The molecule has 0 aliphatic carbocycles. The van der Waals surface area contributed by atoms with Crippen LogP contribution >= 0.6 is 11.3 Å². The fourth-order valence-electron chi connectivity index (χ4n) is 3.86. The zero-order valence-corrected chi connectivity index (χ0v) is 16.4. The van der Waals surface area contributed by atoms with E-state index in [4.69, 9.17) is 0 Å². The summed E-state index contributed by atoms with van der Waals surface area (Å²) in [5.41, 5.74) is 2.37. The van der Waals surface area contributed by atoms with E-state index in [9.17, 15) is 8.42 Å². The Kier molecular flexibility index (Phi) is 5.27. The minimum absolute atomic E-state index is 0.493. The minimum atomic E-state index is -3.34. The standard InChI is InChI=1S/C20H24N2O2S2/c23-26(24,15-10-17-4-2-1-3-5-17)22-12-6-19(7-13-22)21-11-8-20-18(16-21)9-14-25-20/h1-5,9-10,14-15,19H,6-8,11-13,16H2/b15-10+. The van der Waals surface area contributed by atoms with Crippen molar-refractivity contribution in [3.05, 3.63) is 63.2 Å². The molecule has 2 aromatic rings. The van der Waals surface area contributed by atoms with E-state index in [0.29, 0.717) is 19.1 Å². The van der Waals surface area contributed by atoms with E-state index in [1.54, 1.807) is 10.4 Å². The van der Waals surface area contributed by atoms with E-state index >= 15 is 0 Å². The van der Waals surface area contributed by atoms with E-state index in [0.717, 1.165) is 37.9 Å². The van der Waals surface area contributed by atoms with Crippen LogP contribution in [0.4, 0.5) is 0 Å². The van der Waals surface area contributed by atoms with Gasteiger partial charge in [0.2, 0.25) is 10.0 Å². The summed E-state index contributed by atoms with van der Waals surface area (Å²) in [6, 6.07) is 12.3. The lowest BCUT2D eigenvalue weighted by molar-refractivity contribution is 0.127. The molecule has 1 saturated heterocycles. The van der Waals surface area contributed by atoms with E-state index < -0.39 is 10.0 Å². The summed E-state index contributed by atoms with van der Waals surface area (Å²) in [5, 5.41) is 3.53. The Hall–Kier alpha value is -1.47.